The number of nitrogens with zero attached hydrogens (tertiary/aromatic N) is 1. The van der Waals surface area contributed by atoms with Gasteiger partial charge in [-0.05, 0) is 61.9 Å². The molecule has 0 unspecified atom stereocenters. The van der Waals surface area contributed by atoms with E-state index in [1.165, 1.54) is 24.3 Å². The summed E-state index contributed by atoms with van der Waals surface area (Å²) in [5, 5.41) is 6.65. The Hall–Kier alpha value is -0.590. The second-order valence-corrected chi connectivity index (χ2v) is 7.87. The summed E-state index contributed by atoms with van der Waals surface area (Å²) < 4.78 is 38.0. The molecule has 2 rings (SSSR count). The standard InChI is InChI=1S/C16H28F3N3S/c1-20-15(22-11-13-6-8-23-9-7-13)21-10-12-2-4-14(5-3-12)16(17,18)19/h12-14H,2-11H2,1H3,(H2,20,21,22). The third-order valence-corrected chi connectivity index (χ3v) is 6.04. The van der Waals surface area contributed by atoms with Gasteiger partial charge in [-0.2, -0.15) is 24.9 Å². The van der Waals surface area contributed by atoms with E-state index in [1.807, 2.05) is 11.8 Å². The molecule has 1 aliphatic carbocycles. The number of aliphatic imine (C=N–C) groups is 1. The van der Waals surface area contributed by atoms with Crippen LogP contribution < -0.4 is 10.6 Å². The van der Waals surface area contributed by atoms with E-state index < -0.39 is 12.1 Å². The van der Waals surface area contributed by atoms with Gasteiger partial charge in [-0.3, -0.25) is 4.99 Å². The molecule has 2 N–H and O–H groups in total. The lowest BCUT2D eigenvalue weighted by Crippen LogP contribution is -2.43. The fourth-order valence-corrected chi connectivity index (χ4v) is 4.55. The molecule has 0 bridgehead atoms. The van der Waals surface area contributed by atoms with Gasteiger partial charge in [0, 0.05) is 20.1 Å². The van der Waals surface area contributed by atoms with Crippen LogP contribution in [0.4, 0.5) is 13.2 Å². The number of nitrogens with one attached hydrogen (secondary N) is 2. The van der Waals surface area contributed by atoms with Crippen LogP contribution in [-0.2, 0) is 0 Å². The molecule has 3 nitrogen and oxygen atoms in total. The maximum Gasteiger partial charge on any atom is 0.391 e. The Morgan fingerprint density at radius 2 is 1.48 bits per heavy atom. The molecule has 1 saturated carbocycles. The van der Waals surface area contributed by atoms with E-state index in [-0.39, 0.29) is 12.8 Å². The Morgan fingerprint density at radius 3 is 1.96 bits per heavy atom. The Kier molecular flexibility index (Phi) is 7.37. The second-order valence-electron chi connectivity index (χ2n) is 6.65. The average molecular weight is 351 g/mol. The highest BCUT2D eigenvalue weighted by atomic mass is 32.2. The fraction of sp³-hybridized carbons (Fsp3) is 0.938. The van der Waals surface area contributed by atoms with Crippen LogP contribution in [0.5, 0.6) is 0 Å². The van der Waals surface area contributed by atoms with Crippen LogP contribution in [0.2, 0.25) is 0 Å². The number of rotatable bonds is 4. The molecule has 1 saturated heterocycles. The number of alkyl halides is 3. The van der Waals surface area contributed by atoms with Crippen molar-refractivity contribution in [1.82, 2.24) is 10.6 Å². The van der Waals surface area contributed by atoms with Gasteiger partial charge in [-0.25, -0.2) is 0 Å². The molecule has 1 aliphatic heterocycles. The molecule has 0 spiro atoms. The molecule has 0 aromatic carbocycles. The molecule has 2 aliphatic rings. The van der Waals surface area contributed by atoms with Gasteiger partial charge in [0.15, 0.2) is 5.96 Å². The Bertz CT molecular complexity index is 373. The van der Waals surface area contributed by atoms with Crippen LogP contribution in [0.1, 0.15) is 38.5 Å². The minimum Gasteiger partial charge on any atom is -0.356 e. The molecule has 0 atom stereocenters. The van der Waals surface area contributed by atoms with Gasteiger partial charge in [-0.15, -0.1) is 0 Å². The number of halogens is 3. The maximum atomic E-state index is 12.7. The maximum absolute atomic E-state index is 12.7. The van der Waals surface area contributed by atoms with Gasteiger partial charge >= 0.3 is 6.18 Å². The predicted octanol–water partition coefficient (Wildman–Crippen LogP) is 3.66. The van der Waals surface area contributed by atoms with Crippen molar-refractivity contribution < 1.29 is 13.2 Å². The summed E-state index contributed by atoms with van der Waals surface area (Å²) in [6.45, 7) is 1.64. The van der Waals surface area contributed by atoms with Crippen LogP contribution in [0, 0.1) is 17.8 Å². The van der Waals surface area contributed by atoms with E-state index in [4.69, 9.17) is 0 Å². The molecule has 7 heteroatoms. The summed E-state index contributed by atoms with van der Waals surface area (Å²) >= 11 is 2.02. The van der Waals surface area contributed by atoms with E-state index >= 15 is 0 Å². The SMILES string of the molecule is CN=C(NCC1CCSCC1)NCC1CCC(C(F)(F)F)CC1. The van der Waals surface area contributed by atoms with Crippen LogP contribution in [-0.4, -0.2) is 43.8 Å². The van der Waals surface area contributed by atoms with Gasteiger partial charge in [0.25, 0.3) is 0 Å². The average Bonchev–Trinajstić information content (AvgIpc) is 2.55. The first-order valence-electron chi connectivity index (χ1n) is 8.58. The fourth-order valence-electron chi connectivity index (χ4n) is 3.35. The van der Waals surface area contributed by atoms with Crippen molar-refractivity contribution >= 4 is 17.7 Å². The highest BCUT2D eigenvalue weighted by molar-refractivity contribution is 7.99. The van der Waals surface area contributed by atoms with Crippen molar-refractivity contribution in [3.63, 3.8) is 0 Å². The minimum absolute atomic E-state index is 0.265. The van der Waals surface area contributed by atoms with E-state index in [2.05, 4.69) is 15.6 Å². The highest BCUT2D eigenvalue weighted by Crippen LogP contribution is 2.39. The molecule has 0 radical (unpaired) electrons. The van der Waals surface area contributed by atoms with Gasteiger partial charge in [0.2, 0.25) is 0 Å². The van der Waals surface area contributed by atoms with Crippen molar-refractivity contribution in [2.45, 2.75) is 44.7 Å². The molecular weight excluding hydrogens is 323 g/mol. The third kappa shape index (κ3) is 6.43. The summed E-state index contributed by atoms with van der Waals surface area (Å²) in [6, 6.07) is 0. The lowest BCUT2D eigenvalue weighted by molar-refractivity contribution is -0.183. The zero-order valence-corrected chi connectivity index (χ0v) is 14.6. The van der Waals surface area contributed by atoms with Gasteiger partial charge in [-0.1, -0.05) is 0 Å². The second kappa shape index (κ2) is 9.04. The normalized spacial score (nSPS) is 27.7. The first kappa shape index (κ1) is 18.7. The van der Waals surface area contributed by atoms with Crippen LogP contribution >= 0.6 is 11.8 Å². The zero-order chi connectivity index (χ0) is 16.7. The zero-order valence-electron chi connectivity index (χ0n) is 13.8. The molecule has 134 valence electrons. The molecule has 23 heavy (non-hydrogen) atoms. The lowest BCUT2D eigenvalue weighted by atomic mass is 9.81. The first-order valence-corrected chi connectivity index (χ1v) is 9.73. The van der Waals surface area contributed by atoms with Crippen molar-refractivity contribution in [2.24, 2.45) is 22.7 Å². The number of hydrogen-bond donors (Lipinski definition) is 2. The third-order valence-electron chi connectivity index (χ3n) is 4.99. The summed E-state index contributed by atoms with van der Waals surface area (Å²) in [6.07, 6.45) is 0.297. The predicted molar refractivity (Wildman–Crippen MR) is 90.9 cm³/mol. The van der Waals surface area contributed by atoms with Gasteiger partial charge in [0.1, 0.15) is 0 Å². The van der Waals surface area contributed by atoms with Gasteiger partial charge < -0.3 is 10.6 Å². The Labute approximate surface area is 141 Å². The largest absolute Gasteiger partial charge is 0.391 e. The van der Waals surface area contributed by atoms with Crippen molar-refractivity contribution in [1.29, 1.82) is 0 Å². The molecule has 0 aromatic rings. The monoisotopic (exact) mass is 351 g/mol. The molecule has 2 fully saturated rings. The Balaban J connectivity index is 1.64. The summed E-state index contributed by atoms with van der Waals surface area (Å²) in [4.78, 5) is 4.22. The lowest BCUT2D eigenvalue weighted by Gasteiger charge is -2.30. The smallest absolute Gasteiger partial charge is 0.356 e. The highest BCUT2D eigenvalue weighted by Gasteiger charge is 2.41. The van der Waals surface area contributed by atoms with E-state index in [0.29, 0.717) is 31.2 Å². The van der Waals surface area contributed by atoms with Crippen molar-refractivity contribution in [3.8, 4) is 0 Å². The number of guanidine groups is 1. The topological polar surface area (TPSA) is 36.4 Å². The van der Waals surface area contributed by atoms with Crippen molar-refractivity contribution in [2.75, 3.05) is 31.6 Å². The van der Waals surface area contributed by atoms with Crippen LogP contribution in [0.3, 0.4) is 0 Å². The van der Waals surface area contributed by atoms with Gasteiger partial charge in [0.05, 0.1) is 5.92 Å². The summed E-state index contributed by atoms with van der Waals surface area (Å²) in [5.74, 6) is 3.18. The summed E-state index contributed by atoms with van der Waals surface area (Å²) in [5.41, 5.74) is 0. The van der Waals surface area contributed by atoms with E-state index in [0.717, 1.165) is 12.5 Å². The summed E-state index contributed by atoms with van der Waals surface area (Å²) in [7, 11) is 1.74. The van der Waals surface area contributed by atoms with Crippen LogP contribution in [0.25, 0.3) is 0 Å². The molecular formula is C16H28F3N3S. The first-order chi connectivity index (χ1) is 11.0. The van der Waals surface area contributed by atoms with E-state index in [1.54, 1.807) is 7.05 Å². The minimum atomic E-state index is -4.02. The molecule has 1 heterocycles. The molecule has 0 amide bonds. The quantitative estimate of drug-likeness (QED) is 0.599. The van der Waals surface area contributed by atoms with E-state index in [9.17, 15) is 13.2 Å². The number of thioether (sulfide) groups is 1. The Morgan fingerprint density at radius 1 is 0.957 bits per heavy atom. The van der Waals surface area contributed by atoms with Crippen LogP contribution in [0.15, 0.2) is 4.99 Å². The number of hydrogen-bond acceptors (Lipinski definition) is 2. The molecule has 0 aromatic heterocycles. The van der Waals surface area contributed by atoms with Crippen molar-refractivity contribution in [3.05, 3.63) is 0 Å².